The van der Waals surface area contributed by atoms with E-state index in [9.17, 15) is 18.4 Å². The normalized spacial score (nSPS) is 21.0. The first-order valence-corrected chi connectivity index (χ1v) is 11.9. The zero-order chi connectivity index (χ0) is 25.2. The SMILES string of the molecule is C[C@@H](C(=O)Nc1ccc(OCC2CC2)nn1)N1CCC(F)(F)[C@@H](c2c[nH]c(=O)c(CN(C)C)c2)C1. The third-order valence-corrected chi connectivity index (χ3v) is 6.53. The van der Waals surface area contributed by atoms with E-state index in [1.54, 1.807) is 34.9 Å². The first-order chi connectivity index (χ1) is 16.6. The van der Waals surface area contributed by atoms with Crippen LogP contribution in [0.3, 0.4) is 0 Å². The first-order valence-electron chi connectivity index (χ1n) is 11.9. The average Bonchev–Trinajstić information content (AvgIpc) is 3.64. The molecule has 11 heteroatoms. The summed E-state index contributed by atoms with van der Waals surface area (Å²) in [5, 5.41) is 10.7. The minimum Gasteiger partial charge on any atom is -0.476 e. The molecule has 0 unspecified atom stereocenters. The van der Waals surface area contributed by atoms with Crippen LogP contribution in [0.2, 0.25) is 0 Å². The summed E-state index contributed by atoms with van der Waals surface area (Å²) < 4.78 is 35.4. The molecule has 1 aliphatic carbocycles. The van der Waals surface area contributed by atoms with Gasteiger partial charge in [-0.1, -0.05) is 0 Å². The van der Waals surface area contributed by atoms with Gasteiger partial charge in [0.05, 0.1) is 18.6 Å². The van der Waals surface area contributed by atoms with Gasteiger partial charge in [0, 0.05) is 43.9 Å². The Balaban J connectivity index is 1.41. The standard InChI is InChI=1S/C24H32F2N6O3/c1-15(22(33)28-20-6-7-21(30-29-20)35-14-16-4-5-16)32-9-8-24(25,26)19(13-32)17-10-18(12-31(2)3)23(34)27-11-17/h6-7,10-11,15-16,19H,4-5,8-9,12-14H2,1-3H3,(H,27,34)(H,28,29,33)/t15-,19+/m0/s1. The van der Waals surface area contributed by atoms with Crippen molar-refractivity contribution >= 4 is 11.7 Å². The van der Waals surface area contributed by atoms with Gasteiger partial charge < -0.3 is 19.9 Å². The van der Waals surface area contributed by atoms with Crippen LogP contribution < -0.4 is 15.6 Å². The fourth-order valence-electron chi connectivity index (χ4n) is 4.18. The highest BCUT2D eigenvalue weighted by Gasteiger charge is 2.46. The zero-order valence-electron chi connectivity index (χ0n) is 20.3. The first kappa shape index (κ1) is 25.2. The number of amides is 1. The molecule has 1 amide bonds. The Hall–Kier alpha value is -2.92. The zero-order valence-corrected chi connectivity index (χ0v) is 20.3. The minimum atomic E-state index is -2.96. The van der Waals surface area contributed by atoms with Gasteiger partial charge in [-0.2, -0.15) is 0 Å². The molecular formula is C24H32F2N6O3. The van der Waals surface area contributed by atoms with E-state index in [-0.39, 0.29) is 36.8 Å². The number of alkyl halides is 2. The van der Waals surface area contributed by atoms with E-state index in [1.165, 1.54) is 19.0 Å². The number of aromatic amines is 1. The number of nitrogens with zero attached hydrogens (tertiary/aromatic N) is 4. The fourth-order valence-corrected chi connectivity index (χ4v) is 4.18. The summed E-state index contributed by atoms with van der Waals surface area (Å²) in [7, 11) is 3.62. The molecule has 2 atom stereocenters. The molecule has 2 N–H and O–H groups in total. The van der Waals surface area contributed by atoms with Crippen molar-refractivity contribution in [2.75, 3.05) is 39.1 Å². The molecule has 0 radical (unpaired) electrons. The van der Waals surface area contributed by atoms with Crippen LogP contribution in [0.4, 0.5) is 14.6 Å². The highest BCUT2D eigenvalue weighted by atomic mass is 19.3. The second-order valence-corrected chi connectivity index (χ2v) is 9.76. The Morgan fingerprint density at radius 2 is 2.11 bits per heavy atom. The van der Waals surface area contributed by atoms with Crippen molar-refractivity contribution in [2.24, 2.45) is 5.92 Å². The smallest absolute Gasteiger partial charge is 0.257 e. The number of ether oxygens (including phenoxy) is 1. The van der Waals surface area contributed by atoms with Gasteiger partial charge in [-0.3, -0.25) is 14.5 Å². The number of piperidine rings is 1. The highest BCUT2D eigenvalue weighted by molar-refractivity contribution is 5.93. The number of carbonyl (C=O) groups is 1. The van der Waals surface area contributed by atoms with Crippen LogP contribution in [-0.2, 0) is 11.3 Å². The average molecular weight is 491 g/mol. The van der Waals surface area contributed by atoms with Crippen LogP contribution in [0, 0.1) is 5.92 Å². The Morgan fingerprint density at radius 3 is 2.77 bits per heavy atom. The number of hydrogen-bond donors (Lipinski definition) is 2. The van der Waals surface area contributed by atoms with Crippen molar-refractivity contribution in [1.82, 2.24) is 25.0 Å². The number of aromatic nitrogens is 3. The summed E-state index contributed by atoms with van der Waals surface area (Å²) in [5.41, 5.74) is 0.488. The fraction of sp³-hybridized carbons (Fsp3) is 0.583. The number of nitrogens with one attached hydrogen (secondary N) is 2. The molecule has 9 nitrogen and oxygen atoms in total. The van der Waals surface area contributed by atoms with Crippen LogP contribution in [0.15, 0.2) is 29.2 Å². The Labute approximate surface area is 202 Å². The van der Waals surface area contributed by atoms with E-state index in [2.05, 4.69) is 20.5 Å². The molecule has 2 fully saturated rings. The summed E-state index contributed by atoms with van der Waals surface area (Å²) in [6.07, 6.45) is 3.31. The second kappa shape index (κ2) is 10.4. The van der Waals surface area contributed by atoms with Crippen molar-refractivity contribution in [2.45, 2.75) is 50.6 Å². The van der Waals surface area contributed by atoms with E-state index >= 15 is 0 Å². The van der Waals surface area contributed by atoms with Gasteiger partial charge in [0.25, 0.3) is 11.5 Å². The lowest BCUT2D eigenvalue weighted by molar-refractivity contribution is -0.125. The quantitative estimate of drug-likeness (QED) is 0.557. The third-order valence-electron chi connectivity index (χ3n) is 6.53. The lowest BCUT2D eigenvalue weighted by Gasteiger charge is -2.40. The summed E-state index contributed by atoms with van der Waals surface area (Å²) in [6.45, 7) is 2.70. The molecule has 2 aliphatic rings. The van der Waals surface area contributed by atoms with Crippen molar-refractivity contribution in [3.63, 3.8) is 0 Å². The summed E-state index contributed by atoms with van der Waals surface area (Å²) in [6, 6.07) is 4.15. The molecule has 4 rings (SSSR count). The number of halogens is 2. The van der Waals surface area contributed by atoms with Gasteiger partial charge in [0.1, 0.15) is 0 Å². The Kier molecular flexibility index (Phi) is 7.46. The van der Waals surface area contributed by atoms with Crippen molar-refractivity contribution < 1.29 is 18.3 Å². The minimum absolute atomic E-state index is 0.0192. The second-order valence-electron chi connectivity index (χ2n) is 9.76. The molecule has 35 heavy (non-hydrogen) atoms. The number of anilines is 1. The summed E-state index contributed by atoms with van der Waals surface area (Å²) in [5.74, 6) is -3.19. The van der Waals surface area contributed by atoms with Gasteiger partial charge in [-0.15, -0.1) is 10.2 Å². The molecule has 2 aromatic heterocycles. The van der Waals surface area contributed by atoms with Crippen LogP contribution in [0.5, 0.6) is 5.88 Å². The predicted molar refractivity (Wildman–Crippen MR) is 127 cm³/mol. The van der Waals surface area contributed by atoms with E-state index in [4.69, 9.17) is 4.74 Å². The maximum atomic E-state index is 14.9. The highest BCUT2D eigenvalue weighted by Crippen LogP contribution is 2.40. The molecule has 0 spiro atoms. The number of carbonyl (C=O) groups excluding carboxylic acids is 1. The van der Waals surface area contributed by atoms with E-state index in [0.29, 0.717) is 36.1 Å². The van der Waals surface area contributed by atoms with Gasteiger partial charge in [-0.25, -0.2) is 8.78 Å². The molecular weight excluding hydrogens is 458 g/mol. The largest absolute Gasteiger partial charge is 0.476 e. The van der Waals surface area contributed by atoms with E-state index in [0.717, 1.165) is 0 Å². The van der Waals surface area contributed by atoms with Gasteiger partial charge >= 0.3 is 0 Å². The van der Waals surface area contributed by atoms with Crippen LogP contribution >= 0.6 is 0 Å². The molecule has 190 valence electrons. The third kappa shape index (κ3) is 6.40. The molecule has 0 aromatic carbocycles. The maximum absolute atomic E-state index is 14.9. The molecule has 1 aliphatic heterocycles. The van der Waals surface area contributed by atoms with Crippen LogP contribution in [0.25, 0.3) is 0 Å². The lowest BCUT2D eigenvalue weighted by Crippen LogP contribution is -2.52. The number of pyridine rings is 1. The monoisotopic (exact) mass is 490 g/mol. The van der Waals surface area contributed by atoms with Crippen LogP contribution in [-0.4, -0.2) is 76.6 Å². The van der Waals surface area contributed by atoms with Crippen molar-refractivity contribution in [3.8, 4) is 5.88 Å². The summed E-state index contributed by atoms with van der Waals surface area (Å²) in [4.78, 5) is 31.1. The molecule has 3 heterocycles. The van der Waals surface area contributed by atoms with Gasteiger partial charge in [0.15, 0.2) is 5.82 Å². The van der Waals surface area contributed by atoms with Gasteiger partial charge in [0.2, 0.25) is 11.8 Å². The maximum Gasteiger partial charge on any atom is 0.257 e. The van der Waals surface area contributed by atoms with E-state index in [1.807, 2.05) is 14.1 Å². The van der Waals surface area contributed by atoms with Crippen LogP contribution in [0.1, 0.15) is 43.2 Å². The number of H-pyrrole nitrogens is 1. The van der Waals surface area contributed by atoms with Crippen molar-refractivity contribution in [3.05, 3.63) is 45.9 Å². The molecule has 2 aromatic rings. The molecule has 1 saturated heterocycles. The predicted octanol–water partition coefficient (Wildman–Crippen LogP) is 2.47. The summed E-state index contributed by atoms with van der Waals surface area (Å²) >= 11 is 0. The van der Waals surface area contributed by atoms with Gasteiger partial charge in [-0.05, 0) is 57.5 Å². The number of likely N-dealkylation sites (tertiary alicyclic amines) is 1. The Bertz CT molecular complexity index is 1090. The van der Waals surface area contributed by atoms with Crippen molar-refractivity contribution in [1.29, 1.82) is 0 Å². The Morgan fingerprint density at radius 1 is 1.34 bits per heavy atom. The molecule has 0 bridgehead atoms. The molecule has 1 saturated carbocycles. The van der Waals surface area contributed by atoms with E-state index < -0.39 is 17.9 Å². The topological polar surface area (TPSA) is 103 Å². The number of rotatable bonds is 9. The number of hydrogen-bond acceptors (Lipinski definition) is 7. The lowest BCUT2D eigenvalue weighted by atomic mass is 9.86.